The Morgan fingerprint density at radius 1 is 1.50 bits per heavy atom. The van der Waals surface area contributed by atoms with Crippen LogP contribution < -0.4 is 5.32 Å². The van der Waals surface area contributed by atoms with E-state index in [0.717, 1.165) is 56.8 Å². The van der Waals surface area contributed by atoms with Crippen LogP contribution in [0.3, 0.4) is 0 Å². The molecule has 1 atom stereocenters. The van der Waals surface area contributed by atoms with Gasteiger partial charge >= 0.3 is 0 Å². The number of aryl methyl sites for hydroxylation is 2. The molecule has 1 aromatic heterocycles. The molecule has 5 nitrogen and oxygen atoms in total. The van der Waals surface area contributed by atoms with Gasteiger partial charge in [0.15, 0.2) is 0 Å². The SMILES string of the molecule is CCCNC1CCCN(C(=O)c2cc(C)nn2CC)C1. The van der Waals surface area contributed by atoms with E-state index in [2.05, 4.69) is 17.3 Å². The number of likely N-dealkylation sites (tertiary alicyclic amines) is 1. The molecule has 20 heavy (non-hydrogen) atoms. The molecule has 0 aromatic carbocycles. The third kappa shape index (κ3) is 3.39. The molecule has 2 rings (SSSR count). The van der Waals surface area contributed by atoms with Gasteiger partial charge in [0.2, 0.25) is 0 Å². The van der Waals surface area contributed by atoms with E-state index >= 15 is 0 Å². The van der Waals surface area contributed by atoms with Crippen LogP contribution in [0.4, 0.5) is 0 Å². The highest BCUT2D eigenvalue weighted by atomic mass is 16.2. The van der Waals surface area contributed by atoms with Crippen molar-refractivity contribution in [1.82, 2.24) is 20.0 Å². The fourth-order valence-electron chi connectivity index (χ4n) is 2.80. The van der Waals surface area contributed by atoms with Crippen molar-refractivity contribution in [3.8, 4) is 0 Å². The largest absolute Gasteiger partial charge is 0.336 e. The lowest BCUT2D eigenvalue weighted by Gasteiger charge is -2.33. The standard InChI is InChI=1S/C15H26N4O/c1-4-8-16-13-7-6-9-18(11-13)15(20)14-10-12(3)17-19(14)5-2/h10,13,16H,4-9,11H2,1-3H3. The zero-order valence-corrected chi connectivity index (χ0v) is 12.9. The minimum absolute atomic E-state index is 0.121. The molecule has 0 saturated carbocycles. The van der Waals surface area contributed by atoms with Gasteiger partial charge in [-0.3, -0.25) is 9.48 Å². The second kappa shape index (κ2) is 6.88. The highest BCUT2D eigenvalue weighted by Gasteiger charge is 2.26. The summed E-state index contributed by atoms with van der Waals surface area (Å²) >= 11 is 0. The molecule has 1 aliphatic heterocycles. The molecule has 5 heteroatoms. The molecule has 0 aliphatic carbocycles. The maximum Gasteiger partial charge on any atom is 0.272 e. The van der Waals surface area contributed by atoms with Gasteiger partial charge in [0.1, 0.15) is 5.69 Å². The summed E-state index contributed by atoms with van der Waals surface area (Å²) in [5.74, 6) is 0.121. The van der Waals surface area contributed by atoms with Crippen molar-refractivity contribution in [2.75, 3.05) is 19.6 Å². The Labute approximate surface area is 121 Å². The van der Waals surface area contributed by atoms with Gasteiger partial charge in [0, 0.05) is 25.7 Å². The predicted octanol–water partition coefficient (Wildman–Crippen LogP) is 1.82. The molecule has 1 aliphatic rings. The van der Waals surface area contributed by atoms with E-state index in [1.807, 2.05) is 24.8 Å². The molecule has 0 spiro atoms. The van der Waals surface area contributed by atoms with Crippen LogP contribution in [0.25, 0.3) is 0 Å². The number of carbonyl (C=O) groups is 1. The molecule has 0 radical (unpaired) electrons. The summed E-state index contributed by atoms with van der Waals surface area (Å²) in [4.78, 5) is 14.6. The quantitative estimate of drug-likeness (QED) is 0.894. The first-order valence-electron chi connectivity index (χ1n) is 7.72. The fourth-order valence-corrected chi connectivity index (χ4v) is 2.80. The number of hydrogen-bond acceptors (Lipinski definition) is 3. The first-order valence-corrected chi connectivity index (χ1v) is 7.72. The van der Waals surface area contributed by atoms with Crippen LogP contribution in [-0.4, -0.2) is 46.3 Å². The minimum Gasteiger partial charge on any atom is -0.336 e. The maximum absolute atomic E-state index is 12.6. The average molecular weight is 278 g/mol. The van der Waals surface area contributed by atoms with Crippen LogP contribution in [0.15, 0.2) is 6.07 Å². The van der Waals surface area contributed by atoms with Gasteiger partial charge in [-0.2, -0.15) is 5.10 Å². The fraction of sp³-hybridized carbons (Fsp3) is 0.733. The molecule has 1 aromatic rings. The Balaban J connectivity index is 2.04. The van der Waals surface area contributed by atoms with E-state index in [4.69, 9.17) is 0 Å². The molecule has 1 unspecified atom stereocenters. The van der Waals surface area contributed by atoms with Gasteiger partial charge in [0.25, 0.3) is 5.91 Å². The molecule has 112 valence electrons. The van der Waals surface area contributed by atoms with E-state index in [0.29, 0.717) is 6.04 Å². The van der Waals surface area contributed by atoms with Crippen molar-refractivity contribution in [2.45, 2.75) is 52.6 Å². The number of hydrogen-bond donors (Lipinski definition) is 1. The molecular weight excluding hydrogens is 252 g/mol. The van der Waals surface area contributed by atoms with E-state index in [9.17, 15) is 4.79 Å². The topological polar surface area (TPSA) is 50.2 Å². The van der Waals surface area contributed by atoms with Gasteiger partial charge in [-0.05, 0) is 45.7 Å². The first-order chi connectivity index (χ1) is 9.65. The van der Waals surface area contributed by atoms with E-state index < -0.39 is 0 Å². The van der Waals surface area contributed by atoms with Crippen LogP contribution >= 0.6 is 0 Å². The highest BCUT2D eigenvalue weighted by Crippen LogP contribution is 2.15. The molecule has 2 heterocycles. The summed E-state index contributed by atoms with van der Waals surface area (Å²) in [6.45, 7) is 9.56. The number of carbonyl (C=O) groups excluding carboxylic acids is 1. The minimum atomic E-state index is 0.121. The molecule has 1 N–H and O–H groups in total. The Kier molecular flexibility index (Phi) is 5.17. The normalized spacial score (nSPS) is 19.4. The predicted molar refractivity (Wildman–Crippen MR) is 79.9 cm³/mol. The number of rotatable bonds is 5. The van der Waals surface area contributed by atoms with Gasteiger partial charge in [-0.1, -0.05) is 6.92 Å². The molecule has 1 amide bonds. The molecule has 1 fully saturated rings. The van der Waals surface area contributed by atoms with E-state index in [-0.39, 0.29) is 5.91 Å². The second-order valence-electron chi connectivity index (χ2n) is 5.53. The van der Waals surface area contributed by atoms with Crippen LogP contribution in [0, 0.1) is 6.92 Å². The summed E-state index contributed by atoms with van der Waals surface area (Å²) in [5.41, 5.74) is 1.63. The molecule has 1 saturated heterocycles. The monoisotopic (exact) mass is 278 g/mol. The van der Waals surface area contributed by atoms with Gasteiger partial charge < -0.3 is 10.2 Å². The summed E-state index contributed by atoms with van der Waals surface area (Å²) in [7, 11) is 0. The Morgan fingerprint density at radius 3 is 3.00 bits per heavy atom. The van der Waals surface area contributed by atoms with Gasteiger partial charge in [0.05, 0.1) is 5.69 Å². The zero-order chi connectivity index (χ0) is 14.5. The number of nitrogens with one attached hydrogen (secondary N) is 1. The van der Waals surface area contributed by atoms with Crippen LogP contribution in [0.1, 0.15) is 49.3 Å². The maximum atomic E-state index is 12.6. The third-order valence-corrected chi connectivity index (χ3v) is 3.81. The summed E-state index contributed by atoms with van der Waals surface area (Å²) in [5, 5.41) is 7.89. The lowest BCUT2D eigenvalue weighted by Crippen LogP contribution is -2.48. The number of aromatic nitrogens is 2. The van der Waals surface area contributed by atoms with Crippen molar-refractivity contribution in [2.24, 2.45) is 0 Å². The van der Waals surface area contributed by atoms with Crippen molar-refractivity contribution >= 4 is 5.91 Å². The number of nitrogens with zero attached hydrogens (tertiary/aromatic N) is 3. The van der Waals surface area contributed by atoms with Crippen molar-refractivity contribution < 1.29 is 4.79 Å². The molecule has 0 bridgehead atoms. The zero-order valence-electron chi connectivity index (χ0n) is 12.9. The third-order valence-electron chi connectivity index (χ3n) is 3.81. The van der Waals surface area contributed by atoms with Gasteiger partial charge in [-0.25, -0.2) is 0 Å². The van der Waals surface area contributed by atoms with Crippen molar-refractivity contribution in [1.29, 1.82) is 0 Å². The van der Waals surface area contributed by atoms with E-state index in [1.54, 1.807) is 4.68 Å². The summed E-state index contributed by atoms with van der Waals surface area (Å²) in [6, 6.07) is 2.33. The van der Waals surface area contributed by atoms with Crippen LogP contribution in [-0.2, 0) is 6.54 Å². The first kappa shape index (κ1) is 15.0. The number of piperidine rings is 1. The highest BCUT2D eigenvalue weighted by molar-refractivity contribution is 5.92. The van der Waals surface area contributed by atoms with Crippen LogP contribution in [0.5, 0.6) is 0 Å². The van der Waals surface area contributed by atoms with E-state index in [1.165, 1.54) is 0 Å². The van der Waals surface area contributed by atoms with Gasteiger partial charge in [-0.15, -0.1) is 0 Å². The summed E-state index contributed by atoms with van der Waals surface area (Å²) < 4.78 is 1.81. The van der Waals surface area contributed by atoms with Crippen molar-refractivity contribution in [3.63, 3.8) is 0 Å². The second-order valence-corrected chi connectivity index (χ2v) is 5.53. The Bertz CT molecular complexity index is 455. The average Bonchev–Trinajstić information content (AvgIpc) is 2.85. The summed E-state index contributed by atoms with van der Waals surface area (Å²) in [6.07, 6.45) is 3.37. The lowest BCUT2D eigenvalue weighted by molar-refractivity contribution is 0.0682. The lowest BCUT2D eigenvalue weighted by atomic mass is 10.1. The Hall–Kier alpha value is -1.36. The van der Waals surface area contributed by atoms with Crippen LogP contribution in [0.2, 0.25) is 0 Å². The Morgan fingerprint density at radius 2 is 2.30 bits per heavy atom. The smallest absolute Gasteiger partial charge is 0.272 e. The molecular formula is C15H26N4O. The van der Waals surface area contributed by atoms with Crippen molar-refractivity contribution in [3.05, 3.63) is 17.5 Å². The number of amides is 1.